The number of hydrogen-bond acceptors (Lipinski definition) is 2. The van der Waals surface area contributed by atoms with E-state index in [-0.39, 0.29) is 5.91 Å². The van der Waals surface area contributed by atoms with Gasteiger partial charge in [-0.1, -0.05) is 12.1 Å². The van der Waals surface area contributed by atoms with Gasteiger partial charge in [0.2, 0.25) is 5.91 Å². The van der Waals surface area contributed by atoms with Gasteiger partial charge in [0.15, 0.2) is 0 Å². The van der Waals surface area contributed by atoms with Crippen molar-refractivity contribution in [2.45, 2.75) is 38.5 Å². The van der Waals surface area contributed by atoms with Crippen molar-refractivity contribution >= 4 is 34.8 Å². The summed E-state index contributed by atoms with van der Waals surface area (Å²) in [6.07, 6.45) is 5.70. The van der Waals surface area contributed by atoms with E-state index in [0.29, 0.717) is 18.2 Å². The molecule has 0 aliphatic heterocycles. The summed E-state index contributed by atoms with van der Waals surface area (Å²) in [5, 5.41) is 2.99. The number of aryl methyl sites for hydroxylation is 1. The Hall–Kier alpha value is -0.970. The van der Waals surface area contributed by atoms with Crippen LogP contribution in [-0.4, -0.2) is 43.8 Å². The molecule has 0 unspecified atom stereocenters. The summed E-state index contributed by atoms with van der Waals surface area (Å²) in [7, 11) is 0. The lowest BCUT2D eigenvalue weighted by atomic mass is 10.1. The Morgan fingerprint density at radius 2 is 1.68 bits per heavy atom. The van der Waals surface area contributed by atoms with Crippen LogP contribution in [0.4, 0.5) is 5.69 Å². The molecule has 0 radical (unpaired) electrons. The van der Waals surface area contributed by atoms with Gasteiger partial charge in [-0.25, -0.2) is 0 Å². The zero-order valence-corrected chi connectivity index (χ0v) is 16.6. The summed E-state index contributed by atoms with van der Waals surface area (Å²) in [5.74, 6) is 1.33. The van der Waals surface area contributed by atoms with E-state index in [2.05, 4.69) is 40.2 Å². The molecular weight excluding hydrogens is 357 g/mol. The van der Waals surface area contributed by atoms with Crippen LogP contribution >= 0.6 is 23.2 Å². The van der Waals surface area contributed by atoms with Gasteiger partial charge in [-0.05, 0) is 49.8 Å². The van der Waals surface area contributed by atoms with Crippen molar-refractivity contribution in [3.05, 3.63) is 29.8 Å². The van der Waals surface area contributed by atoms with Gasteiger partial charge in [0.05, 0.1) is 6.54 Å². The van der Waals surface area contributed by atoms with E-state index in [4.69, 9.17) is 23.2 Å². The minimum Gasteiger partial charge on any atom is -0.369 e. The molecule has 1 rings (SSSR count). The van der Waals surface area contributed by atoms with Crippen molar-refractivity contribution in [3.63, 3.8) is 0 Å². The average molecular weight is 389 g/mol. The second-order valence-corrected chi connectivity index (χ2v) is 6.91. The van der Waals surface area contributed by atoms with Gasteiger partial charge in [0.25, 0.3) is 0 Å². The molecule has 4 N–H and O–H groups in total. The number of nitrogens with zero attached hydrogens (tertiary/aromatic N) is 1. The van der Waals surface area contributed by atoms with Crippen LogP contribution in [0.2, 0.25) is 0 Å². The van der Waals surface area contributed by atoms with Crippen LogP contribution in [0.15, 0.2) is 24.3 Å². The van der Waals surface area contributed by atoms with Gasteiger partial charge in [0.1, 0.15) is 0 Å². The Bertz CT molecular complexity index is 462. The third kappa shape index (κ3) is 9.93. The molecule has 6 heteroatoms. The molecule has 142 valence electrons. The molecule has 0 aromatic heterocycles. The van der Waals surface area contributed by atoms with Crippen LogP contribution in [-0.2, 0) is 11.2 Å². The summed E-state index contributed by atoms with van der Waals surface area (Å²) in [6.45, 7) is 3.35. The molecule has 0 saturated carbocycles. The fraction of sp³-hybridized carbons (Fsp3) is 0.632. The van der Waals surface area contributed by atoms with E-state index < -0.39 is 0 Å². The first-order chi connectivity index (χ1) is 12.2. The summed E-state index contributed by atoms with van der Waals surface area (Å²) in [6, 6.07) is 8.47. The molecule has 1 amide bonds. The highest BCUT2D eigenvalue weighted by atomic mass is 35.5. The molecule has 1 aromatic rings. The van der Waals surface area contributed by atoms with Crippen molar-refractivity contribution in [3.8, 4) is 0 Å². The SMILES string of the molecule is [NH3+]CCCCCNC(=O)CCCc1ccc(N(CCCl)CCCl)cc1. The Labute approximate surface area is 162 Å². The number of anilines is 1. The zero-order valence-electron chi connectivity index (χ0n) is 15.1. The maximum absolute atomic E-state index is 11.8. The Kier molecular flexibility index (Phi) is 12.6. The predicted octanol–water partition coefficient (Wildman–Crippen LogP) is 2.82. The quantitative estimate of drug-likeness (QED) is 0.380. The number of alkyl halides is 2. The molecule has 1 aromatic carbocycles. The number of amides is 1. The molecule has 0 bridgehead atoms. The first-order valence-electron chi connectivity index (χ1n) is 9.23. The van der Waals surface area contributed by atoms with E-state index in [1.165, 1.54) is 5.56 Å². The van der Waals surface area contributed by atoms with Crippen LogP contribution in [0.25, 0.3) is 0 Å². The number of carbonyl (C=O) groups is 1. The Morgan fingerprint density at radius 3 is 2.28 bits per heavy atom. The van der Waals surface area contributed by atoms with E-state index in [0.717, 1.165) is 64.0 Å². The highest BCUT2D eigenvalue weighted by Gasteiger charge is 2.06. The lowest BCUT2D eigenvalue weighted by Crippen LogP contribution is -2.50. The van der Waals surface area contributed by atoms with Gasteiger partial charge in [0, 0.05) is 43.5 Å². The lowest BCUT2D eigenvalue weighted by Gasteiger charge is -2.23. The Morgan fingerprint density at radius 1 is 1.00 bits per heavy atom. The van der Waals surface area contributed by atoms with E-state index in [1.807, 2.05) is 0 Å². The minimum atomic E-state index is 0.154. The molecule has 0 aliphatic carbocycles. The van der Waals surface area contributed by atoms with Crippen molar-refractivity contribution in [1.29, 1.82) is 0 Å². The second-order valence-electron chi connectivity index (χ2n) is 6.15. The summed E-state index contributed by atoms with van der Waals surface area (Å²) in [4.78, 5) is 14.0. The number of quaternary nitrogens is 1. The van der Waals surface area contributed by atoms with Gasteiger partial charge in [-0.3, -0.25) is 4.79 Å². The van der Waals surface area contributed by atoms with Crippen LogP contribution in [0.3, 0.4) is 0 Å². The fourth-order valence-electron chi connectivity index (χ4n) is 2.70. The smallest absolute Gasteiger partial charge is 0.220 e. The third-order valence-corrected chi connectivity index (χ3v) is 4.47. The Balaban J connectivity index is 2.27. The number of nitrogens with one attached hydrogen (secondary N) is 1. The molecular formula is C19H32Cl2N3O+. The van der Waals surface area contributed by atoms with Crippen molar-refractivity contribution in [2.24, 2.45) is 0 Å². The molecule has 25 heavy (non-hydrogen) atoms. The van der Waals surface area contributed by atoms with Gasteiger partial charge in [-0.2, -0.15) is 0 Å². The number of halogens is 2. The first kappa shape index (κ1) is 22.1. The largest absolute Gasteiger partial charge is 0.369 e. The predicted molar refractivity (Wildman–Crippen MR) is 108 cm³/mol. The highest BCUT2D eigenvalue weighted by Crippen LogP contribution is 2.16. The van der Waals surface area contributed by atoms with Gasteiger partial charge < -0.3 is 16.0 Å². The number of benzene rings is 1. The monoisotopic (exact) mass is 388 g/mol. The van der Waals surface area contributed by atoms with Crippen molar-refractivity contribution in [2.75, 3.05) is 42.8 Å². The van der Waals surface area contributed by atoms with E-state index >= 15 is 0 Å². The fourth-order valence-corrected chi connectivity index (χ4v) is 3.10. The number of carbonyl (C=O) groups excluding carboxylic acids is 1. The maximum Gasteiger partial charge on any atom is 0.220 e. The van der Waals surface area contributed by atoms with Gasteiger partial charge >= 0.3 is 0 Å². The van der Waals surface area contributed by atoms with Crippen LogP contribution in [0, 0.1) is 0 Å². The second kappa shape index (κ2) is 14.2. The van der Waals surface area contributed by atoms with E-state index in [9.17, 15) is 4.79 Å². The molecule has 0 fully saturated rings. The van der Waals surface area contributed by atoms with Crippen LogP contribution in [0.1, 0.15) is 37.7 Å². The maximum atomic E-state index is 11.8. The highest BCUT2D eigenvalue weighted by molar-refractivity contribution is 6.18. The third-order valence-electron chi connectivity index (χ3n) is 4.13. The zero-order chi connectivity index (χ0) is 18.3. The minimum absolute atomic E-state index is 0.154. The standard InChI is InChI=1S/C19H31Cl2N3O/c20-11-15-24(16-12-21)18-9-7-17(8-10-18)5-4-6-19(25)23-14-3-1-2-13-22/h7-10H,1-6,11-16,22H2,(H,23,25)/p+1. The molecule has 0 atom stereocenters. The summed E-state index contributed by atoms with van der Waals surface area (Å²) >= 11 is 11.7. The normalized spacial score (nSPS) is 10.7. The molecule has 4 nitrogen and oxygen atoms in total. The van der Waals surface area contributed by atoms with Crippen molar-refractivity contribution in [1.82, 2.24) is 5.32 Å². The topological polar surface area (TPSA) is 60.0 Å². The molecule has 0 spiro atoms. The van der Waals surface area contributed by atoms with E-state index in [1.54, 1.807) is 0 Å². The van der Waals surface area contributed by atoms with Crippen LogP contribution < -0.4 is 16.0 Å². The van der Waals surface area contributed by atoms with Crippen LogP contribution in [0.5, 0.6) is 0 Å². The van der Waals surface area contributed by atoms with Crippen molar-refractivity contribution < 1.29 is 10.5 Å². The lowest BCUT2D eigenvalue weighted by molar-refractivity contribution is -0.368. The number of unbranched alkanes of at least 4 members (excludes halogenated alkanes) is 2. The average Bonchev–Trinajstić information content (AvgIpc) is 2.62. The summed E-state index contributed by atoms with van der Waals surface area (Å²) < 4.78 is 0. The van der Waals surface area contributed by atoms with Gasteiger partial charge in [-0.15, -0.1) is 23.2 Å². The molecule has 0 aliphatic rings. The number of rotatable bonds is 14. The molecule has 0 saturated heterocycles. The first-order valence-corrected chi connectivity index (χ1v) is 10.3. The number of hydrogen-bond donors (Lipinski definition) is 2. The molecule has 0 heterocycles. The summed E-state index contributed by atoms with van der Waals surface area (Å²) in [5.41, 5.74) is 6.22.